The first-order valence-electron chi connectivity index (χ1n) is 9.10. The van der Waals surface area contributed by atoms with E-state index in [-0.39, 0.29) is 0 Å². The van der Waals surface area contributed by atoms with E-state index in [4.69, 9.17) is 0 Å². The van der Waals surface area contributed by atoms with Gasteiger partial charge in [0.1, 0.15) is 0 Å². The Morgan fingerprint density at radius 2 is 1.21 bits per heavy atom. The quantitative estimate of drug-likeness (QED) is 0.342. The standard InChI is InChI=1S/C18H36P/c1-2-3-4-11-14-17-19-18-15-12-9-7-5-6-8-10-13-16-18/h18H,2-17H2,1H3. The van der Waals surface area contributed by atoms with Crippen LogP contribution in [0.4, 0.5) is 0 Å². The normalized spacial score (nSPS) is 20.7. The summed E-state index contributed by atoms with van der Waals surface area (Å²) in [5, 5.41) is 0. The van der Waals surface area contributed by atoms with Gasteiger partial charge in [0, 0.05) is 0 Å². The minimum atomic E-state index is 1.05. The smallest absolute Gasteiger partial charge is 0.0170 e. The van der Waals surface area contributed by atoms with Crippen LogP contribution >= 0.6 is 8.58 Å². The number of rotatable bonds is 7. The van der Waals surface area contributed by atoms with E-state index in [9.17, 15) is 0 Å². The van der Waals surface area contributed by atoms with Gasteiger partial charge in [0.25, 0.3) is 0 Å². The van der Waals surface area contributed by atoms with Crippen molar-refractivity contribution in [2.45, 2.75) is 109 Å². The van der Waals surface area contributed by atoms with Crippen LogP contribution in [0.15, 0.2) is 0 Å². The van der Waals surface area contributed by atoms with Crippen molar-refractivity contribution >= 4 is 8.58 Å². The van der Waals surface area contributed by atoms with E-state index < -0.39 is 0 Å². The van der Waals surface area contributed by atoms with Crippen molar-refractivity contribution in [1.29, 1.82) is 0 Å². The van der Waals surface area contributed by atoms with Crippen LogP contribution in [0.3, 0.4) is 0 Å². The highest BCUT2D eigenvalue weighted by atomic mass is 31.1. The molecule has 0 aromatic rings. The van der Waals surface area contributed by atoms with Crippen molar-refractivity contribution in [3.63, 3.8) is 0 Å². The third-order valence-electron chi connectivity index (χ3n) is 4.47. The van der Waals surface area contributed by atoms with Gasteiger partial charge in [-0.05, 0) is 31.1 Å². The van der Waals surface area contributed by atoms with Crippen molar-refractivity contribution in [3.05, 3.63) is 0 Å². The third kappa shape index (κ3) is 10.8. The first-order chi connectivity index (χ1) is 9.43. The molecule has 0 spiro atoms. The van der Waals surface area contributed by atoms with Crippen LogP contribution in [0.2, 0.25) is 0 Å². The predicted molar refractivity (Wildman–Crippen MR) is 90.5 cm³/mol. The molecule has 19 heavy (non-hydrogen) atoms. The van der Waals surface area contributed by atoms with Crippen LogP contribution in [-0.4, -0.2) is 11.8 Å². The lowest BCUT2D eigenvalue weighted by Gasteiger charge is -2.15. The first-order valence-corrected chi connectivity index (χ1v) is 10.2. The molecule has 0 aromatic heterocycles. The molecule has 1 saturated carbocycles. The van der Waals surface area contributed by atoms with Crippen molar-refractivity contribution in [1.82, 2.24) is 0 Å². The van der Waals surface area contributed by atoms with Crippen molar-refractivity contribution < 1.29 is 0 Å². The molecule has 0 nitrogen and oxygen atoms in total. The van der Waals surface area contributed by atoms with Crippen LogP contribution < -0.4 is 0 Å². The van der Waals surface area contributed by atoms with Gasteiger partial charge in [0.15, 0.2) is 0 Å². The van der Waals surface area contributed by atoms with E-state index in [2.05, 4.69) is 6.92 Å². The van der Waals surface area contributed by atoms with E-state index in [0.29, 0.717) is 0 Å². The Labute approximate surface area is 124 Å². The van der Waals surface area contributed by atoms with Gasteiger partial charge >= 0.3 is 0 Å². The SMILES string of the molecule is CCCCCCC[P]C1CCCCCCCCCC1. The summed E-state index contributed by atoms with van der Waals surface area (Å²) in [6.45, 7) is 2.31. The highest BCUT2D eigenvalue weighted by molar-refractivity contribution is 7.38. The van der Waals surface area contributed by atoms with Crippen molar-refractivity contribution in [3.8, 4) is 0 Å². The van der Waals surface area contributed by atoms with Gasteiger partial charge in [-0.3, -0.25) is 0 Å². The molecule has 1 heteroatoms. The average molecular weight is 283 g/mol. The summed E-state index contributed by atoms with van der Waals surface area (Å²) < 4.78 is 0. The van der Waals surface area contributed by atoms with E-state index in [1.54, 1.807) is 8.58 Å². The minimum Gasteiger partial charge on any atom is -0.0775 e. The molecular formula is C18H36P. The van der Waals surface area contributed by atoms with E-state index in [0.717, 1.165) is 5.66 Å². The Kier molecular flexibility index (Phi) is 12.3. The molecule has 1 rings (SSSR count). The van der Waals surface area contributed by atoms with Gasteiger partial charge < -0.3 is 0 Å². The molecule has 0 atom stereocenters. The van der Waals surface area contributed by atoms with Gasteiger partial charge in [0.05, 0.1) is 0 Å². The maximum atomic E-state index is 2.31. The lowest BCUT2D eigenvalue weighted by molar-refractivity contribution is 0.585. The fraction of sp³-hybridized carbons (Fsp3) is 1.00. The van der Waals surface area contributed by atoms with Gasteiger partial charge in [-0.15, -0.1) is 0 Å². The molecule has 113 valence electrons. The maximum Gasteiger partial charge on any atom is -0.0170 e. The van der Waals surface area contributed by atoms with Gasteiger partial charge in [-0.1, -0.05) is 92.6 Å². The van der Waals surface area contributed by atoms with Crippen molar-refractivity contribution in [2.24, 2.45) is 0 Å². The minimum absolute atomic E-state index is 1.05. The molecule has 1 radical (unpaired) electrons. The van der Waals surface area contributed by atoms with Crippen LogP contribution in [0.1, 0.15) is 103 Å². The second kappa shape index (κ2) is 13.4. The fourth-order valence-electron chi connectivity index (χ4n) is 3.14. The summed E-state index contributed by atoms with van der Waals surface area (Å²) in [5.41, 5.74) is 1.05. The Morgan fingerprint density at radius 3 is 1.79 bits per heavy atom. The molecule has 1 aliphatic carbocycles. The summed E-state index contributed by atoms with van der Waals surface area (Å²) in [6.07, 6.45) is 23.8. The summed E-state index contributed by atoms with van der Waals surface area (Å²) >= 11 is 0. The first kappa shape index (κ1) is 17.5. The zero-order valence-corrected chi connectivity index (χ0v) is 14.2. The predicted octanol–water partition coefficient (Wildman–Crippen LogP) is 7.19. The van der Waals surface area contributed by atoms with Crippen LogP contribution in [-0.2, 0) is 0 Å². The highest BCUT2D eigenvalue weighted by Gasteiger charge is 2.09. The zero-order chi connectivity index (χ0) is 13.6. The molecule has 0 unspecified atom stereocenters. The molecule has 0 amide bonds. The molecule has 0 heterocycles. The molecule has 0 aromatic carbocycles. The van der Waals surface area contributed by atoms with E-state index in [1.165, 1.54) is 102 Å². The Bertz CT molecular complexity index is 167. The lowest BCUT2D eigenvalue weighted by Crippen LogP contribution is -2.02. The molecule has 0 bridgehead atoms. The van der Waals surface area contributed by atoms with Gasteiger partial charge in [-0.25, -0.2) is 0 Å². The number of unbranched alkanes of at least 4 members (excludes halogenated alkanes) is 4. The largest absolute Gasteiger partial charge is 0.0775 e. The van der Waals surface area contributed by atoms with Crippen molar-refractivity contribution in [2.75, 3.05) is 6.16 Å². The summed E-state index contributed by atoms with van der Waals surface area (Å²) in [4.78, 5) is 0. The summed E-state index contributed by atoms with van der Waals surface area (Å²) in [6, 6.07) is 0. The molecule has 1 aliphatic rings. The molecule has 1 fully saturated rings. The second-order valence-corrected chi connectivity index (χ2v) is 7.92. The summed E-state index contributed by atoms with van der Waals surface area (Å²) in [7, 11) is 1.79. The van der Waals surface area contributed by atoms with Crippen LogP contribution in [0.5, 0.6) is 0 Å². The second-order valence-electron chi connectivity index (χ2n) is 6.38. The average Bonchev–Trinajstić information content (AvgIpc) is 2.48. The molecular weight excluding hydrogens is 247 g/mol. The van der Waals surface area contributed by atoms with Gasteiger partial charge in [0.2, 0.25) is 0 Å². The zero-order valence-electron chi connectivity index (χ0n) is 13.3. The molecule has 0 saturated heterocycles. The Morgan fingerprint density at radius 1 is 0.684 bits per heavy atom. The number of hydrogen-bond acceptors (Lipinski definition) is 0. The third-order valence-corrected chi connectivity index (χ3v) is 6.08. The molecule has 0 aliphatic heterocycles. The Hall–Kier alpha value is 0.430. The summed E-state index contributed by atoms with van der Waals surface area (Å²) in [5.74, 6) is 0. The van der Waals surface area contributed by atoms with Crippen LogP contribution in [0.25, 0.3) is 0 Å². The maximum absolute atomic E-state index is 2.31. The lowest BCUT2D eigenvalue weighted by atomic mass is 10.1. The Balaban J connectivity index is 2.06. The van der Waals surface area contributed by atoms with E-state index >= 15 is 0 Å². The molecule has 0 N–H and O–H groups in total. The highest BCUT2D eigenvalue weighted by Crippen LogP contribution is 2.31. The van der Waals surface area contributed by atoms with Gasteiger partial charge in [-0.2, -0.15) is 0 Å². The van der Waals surface area contributed by atoms with E-state index in [1.807, 2.05) is 0 Å². The fourth-order valence-corrected chi connectivity index (χ4v) is 4.64. The number of hydrogen-bond donors (Lipinski definition) is 0. The topological polar surface area (TPSA) is 0 Å². The van der Waals surface area contributed by atoms with Crippen LogP contribution in [0, 0.1) is 0 Å². The monoisotopic (exact) mass is 283 g/mol.